The fraction of sp³-hybridized carbons (Fsp3) is 0.286. The summed E-state index contributed by atoms with van der Waals surface area (Å²) >= 11 is 6.39. The minimum absolute atomic E-state index is 0.556. The predicted octanol–water partition coefficient (Wildman–Crippen LogP) is 5.06. The number of nitrogens with zero attached hydrogens (tertiary/aromatic N) is 3. The largest absolute Gasteiger partial charge is 0.350 e. The van der Waals surface area contributed by atoms with Gasteiger partial charge in [0.25, 0.3) is 0 Å². The Labute approximate surface area is 153 Å². The lowest BCUT2D eigenvalue weighted by Crippen LogP contribution is -2.31. The van der Waals surface area contributed by atoms with Gasteiger partial charge in [-0.15, -0.1) is 6.58 Å². The molecule has 0 saturated carbocycles. The second kappa shape index (κ2) is 6.23. The Hall–Kier alpha value is -2.26. The Morgan fingerprint density at radius 1 is 1.24 bits per heavy atom. The summed E-state index contributed by atoms with van der Waals surface area (Å²) in [5.41, 5.74) is 6.49. The maximum atomic E-state index is 6.39. The topological polar surface area (TPSA) is 21.1 Å². The Morgan fingerprint density at radius 2 is 2.00 bits per heavy atom. The SMILES string of the molecule is C=CCn1c(C)c(C)c2cc(Cl)nc(N3CCc4ccccc4C3)c21. The number of hydrogen-bond acceptors (Lipinski definition) is 2. The van der Waals surface area contributed by atoms with E-state index >= 15 is 0 Å². The molecule has 0 unspecified atom stereocenters. The van der Waals surface area contributed by atoms with Crippen LogP contribution < -0.4 is 4.90 Å². The molecule has 0 aliphatic carbocycles. The molecule has 0 spiro atoms. The van der Waals surface area contributed by atoms with Crippen LogP contribution in [0.4, 0.5) is 5.82 Å². The Kier molecular flexibility index (Phi) is 4.04. The number of allylic oxidation sites excluding steroid dienone is 1. The van der Waals surface area contributed by atoms with Crippen molar-refractivity contribution >= 4 is 28.3 Å². The molecule has 4 heteroatoms. The number of halogens is 1. The second-order valence-corrected chi connectivity index (χ2v) is 7.10. The smallest absolute Gasteiger partial charge is 0.155 e. The number of hydrogen-bond donors (Lipinski definition) is 0. The number of aromatic nitrogens is 2. The van der Waals surface area contributed by atoms with Gasteiger partial charge < -0.3 is 9.47 Å². The number of rotatable bonds is 3. The third kappa shape index (κ3) is 2.63. The first-order valence-electron chi connectivity index (χ1n) is 8.68. The van der Waals surface area contributed by atoms with Crippen LogP contribution in [0.15, 0.2) is 43.0 Å². The summed E-state index contributed by atoms with van der Waals surface area (Å²) in [6.45, 7) is 10.8. The van der Waals surface area contributed by atoms with E-state index < -0.39 is 0 Å². The van der Waals surface area contributed by atoms with Crippen LogP contribution in [0.25, 0.3) is 10.9 Å². The predicted molar refractivity (Wildman–Crippen MR) is 106 cm³/mol. The maximum absolute atomic E-state index is 6.39. The molecule has 0 atom stereocenters. The van der Waals surface area contributed by atoms with Crippen molar-refractivity contribution < 1.29 is 0 Å². The van der Waals surface area contributed by atoms with Crippen molar-refractivity contribution in [2.45, 2.75) is 33.4 Å². The second-order valence-electron chi connectivity index (χ2n) is 6.71. The van der Waals surface area contributed by atoms with Crippen LogP contribution in [-0.4, -0.2) is 16.1 Å². The van der Waals surface area contributed by atoms with E-state index in [0.29, 0.717) is 5.15 Å². The van der Waals surface area contributed by atoms with Crippen molar-refractivity contribution in [3.05, 3.63) is 70.5 Å². The first-order valence-corrected chi connectivity index (χ1v) is 9.06. The fourth-order valence-corrected chi connectivity index (χ4v) is 4.05. The lowest BCUT2D eigenvalue weighted by molar-refractivity contribution is 0.718. The highest BCUT2D eigenvalue weighted by atomic mass is 35.5. The van der Waals surface area contributed by atoms with E-state index in [1.165, 1.54) is 33.3 Å². The summed E-state index contributed by atoms with van der Waals surface area (Å²) in [7, 11) is 0. The van der Waals surface area contributed by atoms with Crippen LogP contribution in [0.3, 0.4) is 0 Å². The van der Waals surface area contributed by atoms with Gasteiger partial charge in [-0.3, -0.25) is 0 Å². The van der Waals surface area contributed by atoms with Crippen LogP contribution in [0.2, 0.25) is 5.15 Å². The number of benzene rings is 1. The molecule has 2 aromatic heterocycles. The van der Waals surface area contributed by atoms with Gasteiger partial charge in [0.1, 0.15) is 5.15 Å². The molecule has 0 radical (unpaired) electrons. The first-order chi connectivity index (χ1) is 12.1. The molecule has 1 aliphatic heterocycles. The fourth-order valence-electron chi connectivity index (χ4n) is 3.87. The average molecular weight is 352 g/mol. The van der Waals surface area contributed by atoms with Gasteiger partial charge in [0.2, 0.25) is 0 Å². The Balaban J connectivity index is 1.90. The van der Waals surface area contributed by atoms with Gasteiger partial charge in [-0.1, -0.05) is 41.9 Å². The number of anilines is 1. The summed E-state index contributed by atoms with van der Waals surface area (Å²) in [4.78, 5) is 7.09. The zero-order valence-corrected chi connectivity index (χ0v) is 15.5. The zero-order chi connectivity index (χ0) is 17.6. The van der Waals surface area contributed by atoms with Gasteiger partial charge in [-0.2, -0.15) is 0 Å². The third-order valence-corrected chi connectivity index (χ3v) is 5.50. The van der Waals surface area contributed by atoms with Gasteiger partial charge in [-0.05, 0) is 43.0 Å². The normalized spacial score (nSPS) is 14.0. The third-order valence-electron chi connectivity index (χ3n) is 5.31. The summed E-state index contributed by atoms with van der Waals surface area (Å²) in [5, 5.41) is 1.74. The molecule has 0 amide bonds. The van der Waals surface area contributed by atoms with Gasteiger partial charge in [-0.25, -0.2) is 4.98 Å². The molecule has 4 rings (SSSR count). The molecular formula is C21H22ClN3. The molecule has 1 aromatic carbocycles. The van der Waals surface area contributed by atoms with Gasteiger partial charge in [0, 0.05) is 30.7 Å². The van der Waals surface area contributed by atoms with E-state index in [1.54, 1.807) is 0 Å². The Bertz CT molecular complexity index is 971. The van der Waals surface area contributed by atoms with Crippen molar-refractivity contribution in [1.82, 2.24) is 9.55 Å². The highest BCUT2D eigenvalue weighted by molar-refractivity contribution is 6.30. The van der Waals surface area contributed by atoms with Gasteiger partial charge >= 0.3 is 0 Å². The summed E-state index contributed by atoms with van der Waals surface area (Å²) in [6.07, 6.45) is 2.97. The van der Waals surface area contributed by atoms with Crippen molar-refractivity contribution in [2.75, 3.05) is 11.4 Å². The molecule has 3 aromatic rings. The molecule has 0 N–H and O–H groups in total. The molecule has 3 nitrogen and oxygen atoms in total. The zero-order valence-electron chi connectivity index (χ0n) is 14.7. The minimum Gasteiger partial charge on any atom is -0.350 e. The van der Waals surface area contributed by atoms with Crippen molar-refractivity contribution in [2.24, 2.45) is 0 Å². The molecule has 0 fully saturated rings. The van der Waals surface area contributed by atoms with E-state index in [0.717, 1.165) is 31.9 Å². The molecule has 25 heavy (non-hydrogen) atoms. The quantitative estimate of drug-likeness (QED) is 0.486. The van der Waals surface area contributed by atoms with Crippen molar-refractivity contribution in [3.8, 4) is 0 Å². The summed E-state index contributed by atoms with van der Waals surface area (Å²) < 4.78 is 2.30. The van der Waals surface area contributed by atoms with E-state index in [1.807, 2.05) is 12.1 Å². The van der Waals surface area contributed by atoms with Crippen LogP contribution in [0.1, 0.15) is 22.4 Å². The number of pyridine rings is 1. The highest BCUT2D eigenvalue weighted by Gasteiger charge is 2.23. The molecule has 0 saturated heterocycles. The van der Waals surface area contributed by atoms with Crippen LogP contribution in [-0.2, 0) is 19.5 Å². The molecule has 128 valence electrons. The maximum Gasteiger partial charge on any atom is 0.155 e. The first kappa shape index (κ1) is 16.2. The molecule has 0 bridgehead atoms. The van der Waals surface area contributed by atoms with Gasteiger partial charge in [0.05, 0.1) is 5.52 Å². The van der Waals surface area contributed by atoms with Crippen molar-refractivity contribution in [3.63, 3.8) is 0 Å². The number of fused-ring (bicyclic) bond motifs is 2. The lowest BCUT2D eigenvalue weighted by atomic mass is 10.00. The highest BCUT2D eigenvalue weighted by Crippen LogP contribution is 2.35. The van der Waals surface area contributed by atoms with Crippen LogP contribution >= 0.6 is 11.6 Å². The van der Waals surface area contributed by atoms with E-state index in [4.69, 9.17) is 16.6 Å². The molecule has 1 aliphatic rings. The van der Waals surface area contributed by atoms with Crippen LogP contribution in [0, 0.1) is 13.8 Å². The lowest BCUT2D eigenvalue weighted by Gasteiger charge is -2.30. The van der Waals surface area contributed by atoms with Crippen LogP contribution in [0.5, 0.6) is 0 Å². The van der Waals surface area contributed by atoms with E-state index in [-0.39, 0.29) is 0 Å². The van der Waals surface area contributed by atoms with E-state index in [9.17, 15) is 0 Å². The summed E-state index contributed by atoms with van der Waals surface area (Å²) in [5.74, 6) is 0.982. The van der Waals surface area contributed by atoms with E-state index in [2.05, 4.69) is 54.2 Å². The number of aryl methyl sites for hydroxylation is 1. The minimum atomic E-state index is 0.556. The average Bonchev–Trinajstić information content (AvgIpc) is 2.86. The van der Waals surface area contributed by atoms with Gasteiger partial charge in [0.15, 0.2) is 5.82 Å². The van der Waals surface area contributed by atoms with Crippen molar-refractivity contribution in [1.29, 1.82) is 0 Å². The molecular weight excluding hydrogens is 330 g/mol. The molecule has 3 heterocycles. The summed E-state index contributed by atoms with van der Waals surface area (Å²) in [6, 6.07) is 10.6. The standard InChI is InChI=1S/C21H22ClN3/c1-4-10-25-15(3)14(2)18-12-19(22)23-21(20(18)25)24-11-9-16-7-5-6-8-17(16)13-24/h4-8,12H,1,9-11,13H2,2-3H3. The monoisotopic (exact) mass is 351 g/mol. The Morgan fingerprint density at radius 3 is 2.76 bits per heavy atom.